The van der Waals surface area contributed by atoms with E-state index in [1.165, 1.54) is 11.1 Å². The van der Waals surface area contributed by atoms with Gasteiger partial charge in [-0.2, -0.15) is 0 Å². The van der Waals surface area contributed by atoms with Crippen molar-refractivity contribution in [2.24, 2.45) is 11.7 Å². The highest BCUT2D eigenvalue weighted by atomic mass is 19.1. The number of nitrogens with two attached hydrogens (primary N) is 2. The van der Waals surface area contributed by atoms with Gasteiger partial charge < -0.3 is 9.43 Å². The molecule has 1 fully saturated rings. The first kappa shape index (κ1) is 17.7. The third-order valence-electron chi connectivity index (χ3n) is 3.60. The largest absolute Gasteiger partial charge is 0.465 e. The van der Waals surface area contributed by atoms with Crippen molar-refractivity contribution in [3.63, 3.8) is 0 Å². The Morgan fingerprint density at radius 1 is 1.33 bits per heavy atom. The average molecular weight is 332 g/mol. The van der Waals surface area contributed by atoms with Crippen molar-refractivity contribution in [1.29, 1.82) is 0 Å². The number of carbonyl (C=O) groups excluding carboxylic acids is 1. The monoisotopic (exact) mass is 332 g/mol. The maximum absolute atomic E-state index is 14.1. The summed E-state index contributed by atoms with van der Waals surface area (Å²) < 4.78 is 19.4. The van der Waals surface area contributed by atoms with Crippen molar-refractivity contribution in [1.82, 2.24) is 5.43 Å². The van der Waals surface area contributed by atoms with E-state index in [1.54, 1.807) is 24.8 Å². The van der Waals surface area contributed by atoms with Gasteiger partial charge in [-0.05, 0) is 55.2 Å². The second kappa shape index (κ2) is 8.28. The normalized spacial score (nSPS) is 13.3. The summed E-state index contributed by atoms with van der Waals surface area (Å²) in [5.41, 5.74) is 4.17. The number of hydrogen-bond donors (Lipinski definition) is 3. The summed E-state index contributed by atoms with van der Waals surface area (Å²) in [6.07, 6.45) is 7.82. The van der Waals surface area contributed by atoms with Gasteiger partial charge in [0.2, 0.25) is 6.41 Å². The molecule has 1 heterocycles. The van der Waals surface area contributed by atoms with E-state index in [0.717, 1.165) is 35.4 Å². The molecule has 0 bridgehead atoms. The van der Waals surface area contributed by atoms with Crippen molar-refractivity contribution in [3.8, 4) is 0 Å². The smallest absolute Gasteiger partial charge is 0.221 e. The molecule has 6 nitrogen and oxygen atoms in total. The number of rotatable bonds is 5. The summed E-state index contributed by atoms with van der Waals surface area (Å²) in [6.45, 7) is 0. The van der Waals surface area contributed by atoms with Crippen LogP contribution in [0.1, 0.15) is 35.6 Å². The first-order valence-electron chi connectivity index (χ1n) is 7.50. The quantitative estimate of drug-likeness (QED) is 0.338. The highest BCUT2D eigenvalue weighted by Crippen LogP contribution is 2.45. The van der Waals surface area contributed by atoms with E-state index in [-0.39, 0.29) is 5.82 Å². The molecule has 0 saturated heterocycles. The molecular weight excluding hydrogens is 311 g/mol. The summed E-state index contributed by atoms with van der Waals surface area (Å²) in [4.78, 5) is 8.94. The highest BCUT2D eigenvalue weighted by molar-refractivity contribution is 5.78. The lowest BCUT2D eigenvalue weighted by molar-refractivity contribution is -0.109. The topological polar surface area (TPSA) is 97.5 Å². The van der Waals surface area contributed by atoms with E-state index < -0.39 is 0 Å². The zero-order chi connectivity index (χ0) is 17.5. The molecule has 24 heavy (non-hydrogen) atoms. The fraction of sp³-hybridized carbons (Fsp3) is 0.235. The van der Waals surface area contributed by atoms with E-state index >= 15 is 0 Å². The van der Waals surface area contributed by atoms with Crippen molar-refractivity contribution in [2.75, 3.05) is 12.1 Å². The molecule has 5 N–H and O–H groups in total. The second-order valence-electron chi connectivity index (χ2n) is 5.41. The summed E-state index contributed by atoms with van der Waals surface area (Å²) >= 11 is 0. The molecule has 1 aliphatic carbocycles. The predicted octanol–water partition coefficient (Wildman–Crippen LogP) is 2.38. The van der Waals surface area contributed by atoms with Crippen LogP contribution in [0.2, 0.25) is 0 Å². The number of furan rings is 1. The van der Waals surface area contributed by atoms with Gasteiger partial charge in [-0.1, -0.05) is 0 Å². The number of nitrogens with zero attached hydrogens (tertiary/aromatic N) is 1. The molecule has 0 unspecified atom stereocenters. The number of anilines is 1. The van der Waals surface area contributed by atoms with Crippen molar-refractivity contribution in [2.45, 2.75) is 18.8 Å². The van der Waals surface area contributed by atoms with Crippen LogP contribution in [0.15, 0.2) is 34.9 Å². The van der Waals surface area contributed by atoms with E-state index in [0.29, 0.717) is 12.3 Å². The molecule has 1 amide bonds. The summed E-state index contributed by atoms with van der Waals surface area (Å²) in [5.74, 6) is 11.2. The molecule has 0 radical (unpaired) electrons. The number of halogens is 1. The maximum Gasteiger partial charge on any atom is 0.221 e. The van der Waals surface area contributed by atoms with Crippen LogP contribution in [0.5, 0.6) is 0 Å². The Morgan fingerprint density at radius 3 is 2.54 bits per heavy atom. The van der Waals surface area contributed by atoms with E-state index in [4.69, 9.17) is 15.1 Å². The minimum absolute atomic E-state index is 0.155. The first-order chi connectivity index (χ1) is 11.6. The third-order valence-corrected chi connectivity index (χ3v) is 3.60. The Kier molecular flexibility index (Phi) is 6.11. The number of hydrogen-bond acceptors (Lipinski definition) is 5. The number of nitrogens with one attached hydrogen (secondary N) is 1. The van der Waals surface area contributed by atoms with Crippen LogP contribution >= 0.6 is 0 Å². The Balaban J connectivity index is 0.000000471. The Bertz CT molecular complexity index is 695. The van der Waals surface area contributed by atoms with Crippen LogP contribution in [0, 0.1) is 5.82 Å². The Morgan fingerprint density at radius 2 is 2.04 bits per heavy atom. The molecule has 2 aromatic rings. The summed E-state index contributed by atoms with van der Waals surface area (Å²) in [7, 11) is 1.76. The molecule has 1 saturated carbocycles. The number of carbonyl (C=O) groups is 1. The van der Waals surface area contributed by atoms with Crippen LogP contribution in [0.3, 0.4) is 0 Å². The van der Waals surface area contributed by atoms with Gasteiger partial charge in [-0.25, -0.2) is 16.1 Å². The minimum Gasteiger partial charge on any atom is -0.465 e. The SMILES string of the molecule is CN(N)c1ccc(F)c(C2CC2)c1/C=C/c1ccco1.NNC=O. The molecule has 0 atom stereocenters. The van der Waals surface area contributed by atoms with Gasteiger partial charge in [0.1, 0.15) is 11.6 Å². The standard InChI is InChI=1S/C16H17FN2O.CH4N2O/c1-19(18)15-9-8-14(17)16(11-4-5-11)13(15)7-6-12-3-2-10-20-12;2-3-1-4/h2-3,6-11H,4-5,18H2,1H3;1H,2H2,(H,3,4)/b7-6+;. The molecule has 128 valence electrons. The van der Waals surface area contributed by atoms with Crippen LogP contribution < -0.4 is 22.1 Å². The van der Waals surface area contributed by atoms with Gasteiger partial charge in [0, 0.05) is 18.2 Å². The molecule has 7 heteroatoms. The molecule has 0 aliphatic heterocycles. The molecular formula is C17H21FN4O2. The third kappa shape index (κ3) is 4.43. The molecule has 3 rings (SSSR count). The van der Waals surface area contributed by atoms with E-state index in [2.05, 4.69) is 5.84 Å². The number of hydrazine groups is 2. The van der Waals surface area contributed by atoms with E-state index in [9.17, 15) is 4.39 Å². The van der Waals surface area contributed by atoms with Crippen LogP contribution in [0.4, 0.5) is 10.1 Å². The van der Waals surface area contributed by atoms with Gasteiger partial charge in [0.05, 0.1) is 12.0 Å². The predicted molar refractivity (Wildman–Crippen MR) is 92.0 cm³/mol. The summed E-state index contributed by atoms with van der Waals surface area (Å²) in [6, 6.07) is 6.89. The highest BCUT2D eigenvalue weighted by Gasteiger charge is 2.30. The second-order valence-corrected chi connectivity index (χ2v) is 5.41. The van der Waals surface area contributed by atoms with Crippen LogP contribution in [0.25, 0.3) is 12.2 Å². The fourth-order valence-electron chi connectivity index (χ4n) is 2.42. The van der Waals surface area contributed by atoms with Crippen molar-refractivity contribution < 1.29 is 13.6 Å². The number of benzene rings is 1. The fourth-order valence-corrected chi connectivity index (χ4v) is 2.42. The first-order valence-corrected chi connectivity index (χ1v) is 7.50. The van der Waals surface area contributed by atoms with Gasteiger partial charge in [0.15, 0.2) is 0 Å². The molecule has 1 aromatic carbocycles. The van der Waals surface area contributed by atoms with Gasteiger partial charge in [-0.3, -0.25) is 10.2 Å². The van der Waals surface area contributed by atoms with Crippen molar-refractivity contribution >= 4 is 24.2 Å². The van der Waals surface area contributed by atoms with Crippen LogP contribution in [-0.4, -0.2) is 13.5 Å². The zero-order valence-electron chi connectivity index (χ0n) is 13.4. The molecule has 1 aliphatic rings. The van der Waals surface area contributed by atoms with Gasteiger partial charge >= 0.3 is 0 Å². The van der Waals surface area contributed by atoms with E-state index in [1.807, 2.05) is 24.3 Å². The van der Waals surface area contributed by atoms with Gasteiger partial charge in [0.25, 0.3) is 0 Å². The average Bonchev–Trinajstić information content (AvgIpc) is 3.27. The minimum atomic E-state index is -0.155. The Labute approximate surface area is 139 Å². The number of amides is 1. The van der Waals surface area contributed by atoms with Crippen molar-refractivity contribution in [3.05, 3.63) is 53.2 Å². The zero-order valence-corrected chi connectivity index (χ0v) is 13.4. The summed E-state index contributed by atoms with van der Waals surface area (Å²) in [5, 5.41) is 1.52. The lowest BCUT2D eigenvalue weighted by Crippen LogP contribution is -2.26. The Hall–Kier alpha value is -2.64. The lowest BCUT2D eigenvalue weighted by Gasteiger charge is -2.18. The van der Waals surface area contributed by atoms with Gasteiger partial charge in [-0.15, -0.1) is 0 Å². The lowest BCUT2D eigenvalue weighted by atomic mass is 9.99. The van der Waals surface area contributed by atoms with Crippen LogP contribution in [-0.2, 0) is 4.79 Å². The molecule has 1 aromatic heterocycles. The molecule has 0 spiro atoms. The maximum atomic E-state index is 14.1.